The number of aromatic nitrogens is 3. The average molecular weight is 500 g/mol. The summed E-state index contributed by atoms with van der Waals surface area (Å²) in [7, 11) is 0. The highest BCUT2D eigenvalue weighted by molar-refractivity contribution is 6.18. The molecule has 190 valence electrons. The summed E-state index contributed by atoms with van der Waals surface area (Å²) in [5, 5.41) is 16.5. The Kier molecular flexibility index (Phi) is 7.14. The number of aliphatic hydroxyl groups is 1. The first-order valence-corrected chi connectivity index (χ1v) is 12.4. The van der Waals surface area contributed by atoms with Gasteiger partial charge in [0.1, 0.15) is 35.4 Å². The van der Waals surface area contributed by atoms with Gasteiger partial charge in [-0.05, 0) is 69.0 Å². The van der Waals surface area contributed by atoms with Gasteiger partial charge in [0.25, 0.3) is 0 Å². The smallest absolute Gasteiger partial charge is 0.248 e. The van der Waals surface area contributed by atoms with E-state index < -0.39 is 6.10 Å². The van der Waals surface area contributed by atoms with Crippen LogP contribution in [0, 0.1) is 0 Å². The van der Waals surface area contributed by atoms with Crippen molar-refractivity contribution in [1.82, 2.24) is 20.3 Å². The minimum atomic E-state index is -1.01. The molecule has 9 heteroatoms. The molecule has 2 aromatic heterocycles. The number of carbonyl (C=O) groups is 2. The highest BCUT2D eigenvalue weighted by atomic mass is 16.5. The lowest BCUT2D eigenvalue weighted by Gasteiger charge is -2.30. The molecule has 1 amide bonds. The number of anilines is 1. The molecular weight excluding hydrogens is 470 g/mol. The van der Waals surface area contributed by atoms with Gasteiger partial charge >= 0.3 is 0 Å². The molecule has 0 bridgehead atoms. The maximum Gasteiger partial charge on any atom is 0.248 e. The molecule has 1 aliphatic rings. The van der Waals surface area contributed by atoms with Crippen molar-refractivity contribution < 1.29 is 19.4 Å². The number of hydrogen-bond acceptors (Lipinski definition) is 7. The number of nitrogens with zero attached hydrogens (tertiary/aromatic N) is 2. The van der Waals surface area contributed by atoms with Gasteiger partial charge in [-0.3, -0.25) is 9.59 Å². The van der Waals surface area contributed by atoms with Crippen molar-refractivity contribution in [3.63, 3.8) is 0 Å². The summed E-state index contributed by atoms with van der Waals surface area (Å²) >= 11 is 0. The van der Waals surface area contributed by atoms with E-state index in [-0.39, 0.29) is 23.8 Å². The normalized spacial score (nSPS) is 18.2. The molecule has 1 aliphatic carbocycles. The largest absolute Gasteiger partial charge is 0.457 e. The zero-order valence-electron chi connectivity index (χ0n) is 20.5. The van der Waals surface area contributed by atoms with E-state index in [4.69, 9.17) is 4.74 Å². The third kappa shape index (κ3) is 5.62. The quantitative estimate of drug-likeness (QED) is 0.267. The Labute approximate surface area is 214 Å². The zero-order valence-corrected chi connectivity index (χ0v) is 20.5. The van der Waals surface area contributed by atoms with Gasteiger partial charge in [-0.2, -0.15) is 0 Å². The number of hydrogen-bond donors (Lipinski definition) is 4. The van der Waals surface area contributed by atoms with E-state index in [1.165, 1.54) is 13.3 Å². The highest BCUT2D eigenvalue weighted by Gasteiger charge is 2.25. The van der Waals surface area contributed by atoms with Gasteiger partial charge in [0, 0.05) is 23.8 Å². The average Bonchev–Trinajstić information content (AvgIpc) is 3.36. The zero-order chi connectivity index (χ0) is 25.8. The Morgan fingerprint density at radius 3 is 2.35 bits per heavy atom. The molecule has 0 spiro atoms. The Balaban J connectivity index is 1.29. The summed E-state index contributed by atoms with van der Waals surface area (Å²) in [6.07, 6.45) is 5.37. The maximum atomic E-state index is 13.4. The van der Waals surface area contributed by atoms with Crippen LogP contribution in [0.1, 0.15) is 48.5 Å². The first-order chi connectivity index (χ1) is 18.0. The number of aliphatic hydroxyl groups excluding tert-OH is 1. The van der Waals surface area contributed by atoms with Crippen molar-refractivity contribution in [2.24, 2.45) is 0 Å². The van der Waals surface area contributed by atoms with Gasteiger partial charge in [-0.25, -0.2) is 9.97 Å². The molecule has 0 radical (unpaired) electrons. The van der Waals surface area contributed by atoms with Crippen molar-refractivity contribution in [3.05, 3.63) is 78.2 Å². The maximum absolute atomic E-state index is 13.4. The number of carbonyl (C=O) groups excluding carboxylic acids is 2. The Hall–Kier alpha value is -4.24. The molecule has 37 heavy (non-hydrogen) atoms. The minimum Gasteiger partial charge on any atom is -0.457 e. The molecule has 0 aliphatic heterocycles. The van der Waals surface area contributed by atoms with Crippen LogP contribution < -0.4 is 15.4 Å². The molecule has 2 heterocycles. The lowest BCUT2D eigenvalue weighted by molar-refractivity contribution is -0.129. The van der Waals surface area contributed by atoms with E-state index in [1.54, 1.807) is 30.5 Å². The molecule has 1 saturated carbocycles. The predicted molar refractivity (Wildman–Crippen MR) is 140 cm³/mol. The number of H-pyrrole nitrogens is 1. The summed E-state index contributed by atoms with van der Waals surface area (Å²) in [6.45, 7) is 1.46. The number of rotatable bonds is 8. The molecule has 5 rings (SSSR count). The van der Waals surface area contributed by atoms with Crippen LogP contribution in [0.15, 0.2) is 67.1 Å². The summed E-state index contributed by atoms with van der Waals surface area (Å²) < 4.78 is 5.83. The minimum absolute atomic E-state index is 0.0452. The lowest BCUT2D eigenvalue weighted by Crippen LogP contribution is -2.43. The Morgan fingerprint density at radius 2 is 1.65 bits per heavy atom. The molecule has 4 N–H and O–H groups in total. The summed E-state index contributed by atoms with van der Waals surface area (Å²) in [5.74, 6) is 1.50. The van der Waals surface area contributed by atoms with Crippen LogP contribution in [-0.2, 0) is 4.79 Å². The number of ether oxygens (including phenoxy) is 1. The second kappa shape index (κ2) is 10.8. The Bertz CT molecular complexity index is 1380. The van der Waals surface area contributed by atoms with Gasteiger partial charge in [-0.15, -0.1) is 0 Å². The summed E-state index contributed by atoms with van der Waals surface area (Å²) in [4.78, 5) is 37.1. The monoisotopic (exact) mass is 499 g/mol. The van der Waals surface area contributed by atoms with E-state index in [1.807, 2.05) is 30.3 Å². The molecule has 4 aromatic rings. The number of ketones is 1. The van der Waals surface area contributed by atoms with Crippen LogP contribution in [-0.4, -0.2) is 49.9 Å². The fourth-order valence-corrected chi connectivity index (χ4v) is 4.60. The standard InChI is InChI=1S/C28H29N5O4/c1-17(34)28(36)33-20-11-9-19(10-12-20)32-27-24-23(15-29-26(24)30-16-31-27)25(35)18-7-13-22(14-8-18)37-21-5-3-2-4-6-21/h2-8,13-17,19-20,34H,9-12H2,1H3,(H,33,36)(H2,29,30,31,32). The molecule has 9 nitrogen and oxygen atoms in total. The highest BCUT2D eigenvalue weighted by Crippen LogP contribution is 2.29. The molecule has 1 atom stereocenters. The summed E-state index contributed by atoms with van der Waals surface area (Å²) in [5.41, 5.74) is 1.61. The molecule has 1 fully saturated rings. The van der Waals surface area contributed by atoms with Gasteiger partial charge in [-0.1, -0.05) is 18.2 Å². The van der Waals surface area contributed by atoms with Crippen LogP contribution >= 0.6 is 0 Å². The molecular formula is C28H29N5O4. The topological polar surface area (TPSA) is 129 Å². The fourth-order valence-electron chi connectivity index (χ4n) is 4.60. The first kappa shape index (κ1) is 24.5. The van der Waals surface area contributed by atoms with Crippen LogP contribution in [0.4, 0.5) is 5.82 Å². The second-order valence-corrected chi connectivity index (χ2v) is 9.29. The van der Waals surface area contributed by atoms with E-state index in [9.17, 15) is 14.7 Å². The lowest BCUT2D eigenvalue weighted by atomic mass is 9.91. The van der Waals surface area contributed by atoms with E-state index in [0.29, 0.717) is 33.7 Å². The van der Waals surface area contributed by atoms with Gasteiger partial charge in [0.2, 0.25) is 5.91 Å². The number of benzene rings is 2. The van der Waals surface area contributed by atoms with Crippen molar-refractivity contribution >= 4 is 28.5 Å². The van der Waals surface area contributed by atoms with Crippen LogP contribution in [0.25, 0.3) is 11.0 Å². The number of para-hydroxylation sites is 1. The third-order valence-corrected chi connectivity index (χ3v) is 6.60. The van der Waals surface area contributed by atoms with Crippen LogP contribution in [0.2, 0.25) is 0 Å². The fraction of sp³-hybridized carbons (Fsp3) is 0.286. The molecule has 2 aromatic carbocycles. The van der Waals surface area contributed by atoms with Crippen molar-refractivity contribution in [3.8, 4) is 11.5 Å². The SMILES string of the molecule is CC(O)C(=O)NC1CCC(Nc2ncnc3[nH]cc(C(=O)c4ccc(Oc5ccccc5)cc4)c23)CC1. The van der Waals surface area contributed by atoms with Crippen molar-refractivity contribution in [2.75, 3.05) is 5.32 Å². The molecule has 0 saturated heterocycles. The molecule has 1 unspecified atom stereocenters. The number of aromatic amines is 1. The van der Waals surface area contributed by atoms with E-state index in [2.05, 4.69) is 25.6 Å². The first-order valence-electron chi connectivity index (χ1n) is 12.4. The summed E-state index contributed by atoms with van der Waals surface area (Å²) in [6, 6.07) is 16.7. The predicted octanol–water partition coefficient (Wildman–Crippen LogP) is 4.20. The number of amides is 1. The van der Waals surface area contributed by atoms with Crippen LogP contribution in [0.5, 0.6) is 11.5 Å². The Morgan fingerprint density at radius 1 is 0.973 bits per heavy atom. The number of nitrogens with one attached hydrogen (secondary N) is 3. The third-order valence-electron chi connectivity index (χ3n) is 6.60. The van der Waals surface area contributed by atoms with E-state index in [0.717, 1.165) is 31.4 Å². The van der Waals surface area contributed by atoms with Gasteiger partial charge < -0.3 is 25.5 Å². The van der Waals surface area contributed by atoms with Gasteiger partial charge in [0.05, 0.1) is 10.9 Å². The van der Waals surface area contributed by atoms with E-state index >= 15 is 0 Å². The van der Waals surface area contributed by atoms with Crippen molar-refractivity contribution in [1.29, 1.82) is 0 Å². The van der Waals surface area contributed by atoms with Gasteiger partial charge in [0.15, 0.2) is 5.78 Å². The van der Waals surface area contributed by atoms with Crippen LogP contribution in [0.3, 0.4) is 0 Å². The second-order valence-electron chi connectivity index (χ2n) is 9.29. The number of fused-ring (bicyclic) bond motifs is 1. The van der Waals surface area contributed by atoms with Crippen molar-refractivity contribution in [2.45, 2.75) is 50.8 Å².